The minimum atomic E-state index is -0.189. The molecule has 2 N–H and O–H groups in total. The van der Waals surface area contributed by atoms with E-state index in [1.54, 1.807) is 10.9 Å². The first kappa shape index (κ1) is 14.1. The second-order valence-electron chi connectivity index (χ2n) is 4.76. The summed E-state index contributed by atoms with van der Waals surface area (Å²) in [6.07, 6.45) is 5.57. The fraction of sp³-hybridized carbons (Fsp3) is 0.333. The van der Waals surface area contributed by atoms with E-state index in [4.69, 9.17) is 0 Å². The van der Waals surface area contributed by atoms with Crippen molar-refractivity contribution in [1.29, 1.82) is 0 Å². The molecule has 0 fully saturated rings. The second kappa shape index (κ2) is 6.75. The summed E-state index contributed by atoms with van der Waals surface area (Å²) in [5.41, 5.74) is 1.58. The molecule has 1 aromatic carbocycles. The molecule has 2 aromatic rings. The first-order chi connectivity index (χ1) is 9.70. The van der Waals surface area contributed by atoms with Crippen LogP contribution in [0.5, 0.6) is 0 Å². The molecule has 0 radical (unpaired) electrons. The third-order valence-corrected chi connectivity index (χ3v) is 3.00. The monoisotopic (exact) mass is 272 g/mol. The summed E-state index contributed by atoms with van der Waals surface area (Å²) in [4.78, 5) is 12.0. The molecule has 1 atom stereocenters. The smallest absolute Gasteiger partial charge is 0.319 e. The van der Waals surface area contributed by atoms with Crippen LogP contribution < -0.4 is 10.6 Å². The lowest BCUT2D eigenvalue weighted by Crippen LogP contribution is -2.36. The highest BCUT2D eigenvalue weighted by molar-refractivity contribution is 5.91. The molecule has 0 aliphatic rings. The fourth-order valence-corrected chi connectivity index (χ4v) is 2.08. The molecule has 20 heavy (non-hydrogen) atoms. The number of carbonyl (C=O) groups excluding carboxylic acids is 1. The molecular weight excluding hydrogens is 252 g/mol. The molecule has 2 amide bonds. The third-order valence-electron chi connectivity index (χ3n) is 3.00. The molecule has 0 saturated carbocycles. The highest BCUT2D eigenvalue weighted by atomic mass is 16.2. The first-order valence-electron chi connectivity index (χ1n) is 6.87. The molecule has 0 spiro atoms. The lowest BCUT2D eigenvalue weighted by atomic mass is 10.2. The lowest BCUT2D eigenvalue weighted by Gasteiger charge is -2.15. The second-order valence-corrected chi connectivity index (χ2v) is 4.76. The van der Waals surface area contributed by atoms with Gasteiger partial charge >= 0.3 is 6.03 Å². The number of nitrogens with one attached hydrogen (secondary N) is 2. The van der Waals surface area contributed by atoms with Crippen LogP contribution in [-0.4, -0.2) is 21.9 Å². The maximum atomic E-state index is 12.0. The van der Waals surface area contributed by atoms with Gasteiger partial charge in [0.1, 0.15) is 0 Å². The van der Waals surface area contributed by atoms with Gasteiger partial charge in [-0.25, -0.2) is 9.48 Å². The maximum Gasteiger partial charge on any atom is 0.319 e. The van der Waals surface area contributed by atoms with Crippen LogP contribution in [0.4, 0.5) is 10.5 Å². The first-order valence-corrected chi connectivity index (χ1v) is 6.87. The van der Waals surface area contributed by atoms with Gasteiger partial charge in [0.25, 0.3) is 0 Å². The number of nitrogens with zero attached hydrogens (tertiary/aromatic N) is 2. The Morgan fingerprint density at radius 2 is 2.15 bits per heavy atom. The molecule has 0 saturated heterocycles. The number of hydrogen-bond donors (Lipinski definition) is 2. The number of aromatic nitrogens is 2. The highest BCUT2D eigenvalue weighted by Crippen LogP contribution is 2.18. The van der Waals surface area contributed by atoms with Crippen molar-refractivity contribution in [1.82, 2.24) is 15.1 Å². The number of amides is 2. The van der Waals surface area contributed by atoms with Gasteiger partial charge in [-0.05, 0) is 31.5 Å². The van der Waals surface area contributed by atoms with Gasteiger partial charge in [-0.15, -0.1) is 0 Å². The van der Waals surface area contributed by atoms with Crippen LogP contribution in [0.25, 0.3) is 5.69 Å². The molecule has 0 bridgehead atoms. The Hall–Kier alpha value is -2.30. The fourth-order valence-electron chi connectivity index (χ4n) is 2.08. The number of rotatable bonds is 5. The molecule has 0 aliphatic carbocycles. The minimum absolute atomic E-state index is 0.164. The van der Waals surface area contributed by atoms with E-state index in [-0.39, 0.29) is 12.1 Å². The Morgan fingerprint density at radius 1 is 1.35 bits per heavy atom. The van der Waals surface area contributed by atoms with Crippen molar-refractivity contribution in [2.45, 2.75) is 32.7 Å². The summed E-state index contributed by atoms with van der Waals surface area (Å²) in [6, 6.07) is 9.40. The summed E-state index contributed by atoms with van der Waals surface area (Å²) in [7, 11) is 0. The van der Waals surface area contributed by atoms with Crippen LogP contribution in [0, 0.1) is 0 Å². The van der Waals surface area contributed by atoms with Crippen LogP contribution >= 0.6 is 0 Å². The summed E-state index contributed by atoms with van der Waals surface area (Å²) in [6.45, 7) is 4.10. The van der Waals surface area contributed by atoms with E-state index in [9.17, 15) is 4.79 Å². The van der Waals surface area contributed by atoms with E-state index in [1.165, 1.54) is 0 Å². The predicted octanol–water partition coefficient (Wildman–Crippen LogP) is 3.18. The molecule has 5 nitrogen and oxygen atoms in total. The average Bonchev–Trinajstić information content (AvgIpc) is 2.93. The van der Waals surface area contributed by atoms with Gasteiger partial charge in [-0.1, -0.05) is 25.5 Å². The van der Waals surface area contributed by atoms with E-state index in [0.29, 0.717) is 0 Å². The van der Waals surface area contributed by atoms with Crippen LogP contribution in [0.15, 0.2) is 42.7 Å². The van der Waals surface area contributed by atoms with Gasteiger partial charge in [-0.2, -0.15) is 5.10 Å². The van der Waals surface area contributed by atoms with Crippen LogP contribution in [0.3, 0.4) is 0 Å². The lowest BCUT2D eigenvalue weighted by molar-refractivity contribution is 0.248. The normalized spacial score (nSPS) is 11.9. The molecule has 1 unspecified atom stereocenters. The molecule has 2 rings (SSSR count). The van der Waals surface area contributed by atoms with Crippen molar-refractivity contribution in [3.05, 3.63) is 42.7 Å². The molecule has 1 aromatic heterocycles. The van der Waals surface area contributed by atoms with Gasteiger partial charge < -0.3 is 10.6 Å². The highest BCUT2D eigenvalue weighted by Gasteiger charge is 2.10. The summed E-state index contributed by atoms with van der Waals surface area (Å²) >= 11 is 0. The Bertz CT molecular complexity index is 551. The van der Waals surface area contributed by atoms with Gasteiger partial charge in [0.15, 0.2) is 0 Å². The van der Waals surface area contributed by atoms with Gasteiger partial charge in [0.2, 0.25) is 0 Å². The largest absolute Gasteiger partial charge is 0.335 e. The topological polar surface area (TPSA) is 59.0 Å². The number of urea groups is 1. The quantitative estimate of drug-likeness (QED) is 0.878. The number of hydrogen-bond acceptors (Lipinski definition) is 2. The predicted molar refractivity (Wildman–Crippen MR) is 80.1 cm³/mol. The van der Waals surface area contributed by atoms with Gasteiger partial charge in [0.05, 0.1) is 11.4 Å². The zero-order valence-corrected chi connectivity index (χ0v) is 11.8. The van der Waals surface area contributed by atoms with Crippen molar-refractivity contribution in [3.8, 4) is 5.69 Å². The number of benzene rings is 1. The number of para-hydroxylation sites is 2. The Morgan fingerprint density at radius 3 is 2.85 bits per heavy atom. The summed E-state index contributed by atoms with van der Waals surface area (Å²) < 4.78 is 1.73. The van der Waals surface area contributed by atoms with Crippen LogP contribution in [-0.2, 0) is 0 Å². The average molecular weight is 272 g/mol. The van der Waals surface area contributed by atoms with E-state index in [0.717, 1.165) is 24.2 Å². The van der Waals surface area contributed by atoms with E-state index in [2.05, 4.69) is 22.7 Å². The maximum absolute atomic E-state index is 12.0. The summed E-state index contributed by atoms with van der Waals surface area (Å²) in [5, 5.41) is 9.99. The molecular formula is C15H20N4O. The number of anilines is 1. The standard InChI is InChI=1S/C15H20N4O/c1-3-7-12(2)17-15(20)18-13-8-4-5-9-14(13)19-11-6-10-16-19/h4-6,8-12H,3,7H2,1-2H3,(H2,17,18,20). The SMILES string of the molecule is CCCC(C)NC(=O)Nc1ccccc1-n1cccn1. The van der Waals surface area contributed by atoms with Gasteiger partial charge in [-0.3, -0.25) is 0 Å². The van der Waals surface area contributed by atoms with E-state index >= 15 is 0 Å². The van der Waals surface area contributed by atoms with Crippen molar-refractivity contribution >= 4 is 11.7 Å². The summed E-state index contributed by atoms with van der Waals surface area (Å²) in [5.74, 6) is 0. The Kier molecular flexibility index (Phi) is 4.76. The van der Waals surface area contributed by atoms with Crippen molar-refractivity contribution in [2.75, 3.05) is 5.32 Å². The molecule has 5 heteroatoms. The van der Waals surface area contributed by atoms with Crippen molar-refractivity contribution in [2.24, 2.45) is 0 Å². The molecule has 106 valence electrons. The van der Waals surface area contributed by atoms with Crippen LogP contribution in [0.1, 0.15) is 26.7 Å². The minimum Gasteiger partial charge on any atom is -0.335 e. The molecule has 0 aliphatic heterocycles. The number of carbonyl (C=O) groups is 1. The van der Waals surface area contributed by atoms with E-state index in [1.807, 2.05) is 43.5 Å². The third kappa shape index (κ3) is 3.60. The van der Waals surface area contributed by atoms with Crippen molar-refractivity contribution in [3.63, 3.8) is 0 Å². The Balaban J connectivity index is 2.08. The zero-order chi connectivity index (χ0) is 14.4. The van der Waals surface area contributed by atoms with E-state index < -0.39 is 0 Å². The van der Waals surface area contributed by atoms with Gasteiger partial charge in [0, 0.05) is 18.4 Å². The zero-order valence-electron chi connectivity index (χ0n) is 11.8. The van der Waals surface area contributed by atoms with Crippen molar-refractivity contribution < 1.29 is 4.79 Å². The Labute approximate surface area is 119 Å². The molecule has 1 heterocycles. The van der Waals surface area contributed by atoms with Crippen LogP contribution in [0.2, 0.25) is 0 Å².